The summed E-state index contributed by atoms with van der Waals surface area (Å²) in [5.41, 5.74) is 1.05. The molecule has 3 rings (SSSR count). The van der Waals surface area contributed by atoms with Gasteiger partial charge in [0.25, 0.3) is 5.56 Å². The van der Waals surface area contributed by atoms with Crippen LogP contribution in [0.2, 0.25) is 0 Å². The summed E-state index contributed by atoms with van der Waals surface area (Å²) >= 11 is 1.13. The fraction of sp³-hybridized carbons (Fsp3) is 0.368. The quantitative estimate of drug-likeness (QED) is 0.313. The van der Waals surface area contributed by atoms with E-state index in [-0.39, 0.29) is 30.4 Å². The van der Waals surface area contributed by atoms with E-state index in [0.29, 0.717) is 40.7 Å². The zero-order valence-electron chi connectivity index (χ0n) is 16.7. The summed E-state index contributed by atoms with van der Waals surface area (Å²) in [6.45, 7) is 0.581. The Kier molecular flexibility index (Phi) is 7.31. The Morgan fingerprint density at radius 2 is 2.10 bits per heavy atom. The third kappa shape index (κ3) is 5.10. The molecule has 1 aromatic carbocycles. The van der Waals surface area contributed by atoms with Gasteiger partial charge in [0.05, 0.1) is 39.3 Å². The highest BCUT2D eigenvalue weighted by molar-refractivity contribution is 7.99. The molecule has 1 amide bonds. The molecule has 0 fully saturated rings. The lowest BCUT2D eigenvalue weighted by atomic mass is 10.1. The molecule has 3 N–H and O–H groups in total. The van der Waals surface area contributed by atoms with Gasteiger partial charge in [-0.25, -0.2) is 9.67 Å². The minimum absolute atomic E-state index is 0.106. The minimum Gasteiger partial charge on any atom is -0.493 e. The predicted molar refractivity (Wildman–Crippen MR) is 112 cm³/mol. The number of rotatable bonds is 10. The number of aromatic nitrogens is 4. The van der Waals surface area contributed by atoms with Gasteiger partial charge in [0, 0.05) is 6.54 Å². The largest absolute Gasteiger partial charge is 0.493 e. The number of benzene rings is 1. The molecule has 0 saturated heterocycles. The van der Waals surface area contributed by atoms with Crippen molar-refractivity contribution in [1.29, 1.82) is 0 Å². The maximum atomic E-state index is 12.2. The van der Waals surface area contributed by atoms with Gasteiger partial charge in [0.15, 0.2) is 22.3 Å². The minimum atomic E-state index is -0.333. The SMILES string of the molecule is COc1ccc(CCNC(=O)CSc2nc3c(cnn3CCO)c(=O)[nH]2)cc1OC. The monoisotopic (exact) mass is 433 g/mol. The van der Waals surface area contributed by atoms with Crippen LogP contribution in [0, 0.1) is 0 Å². The van der Waals surface area contributed by atoms with E-state index in [9.17, 15) is 9.59 Å². The van der Waals surface area contributed by atoms with Gasteiger partial charge in [-0.15, -0.1) is 0 Å². The van der Waals surface area contributed by atoms with Crippen LogP contribution in [0.1, 0.15) is 5.56 Å². The second-order valence-corrected chi connectivity index (χ2v) is 7.24. The van der Waals surface area contributed by atoms with Crippen molar-refractivity contribution in [3.05, 3.63) is 40.3 Å². The Bertz CT molecular complexity index is 1080. The lowest BCUT2D eigenvalue weighted by Gasteiger charge is -2.10. The van der Waals surface area contributed by atoms with E-state index in [0.717, 1.165) is 17.3 Å². The lowest BCUT2D eigenvalue weighted by Crippen LogP contribution is -2.27. The Morgan fingerprint density at radius 3 is 2.83 bits per heavy atom. The summed E-state index contributed by atoms with van der Waals surface area (Å²) in [6.07, 6.45) is 2.05. The summed E-state index contributed by atoms with van der Waals surface area (Å²) in [6, 6.07) is 5.62. The molecule has 2 heterocycles. The maximum Gasteiger partial charge on any atom is 0.262 e. The number of aliphatic hydroxyl groups excluding tert-OH is 1. The van der Waals surface area contributed by atoms with Crippen LogP contribution in [0.3, 0.4) is 0 Å². The highest BCUT2D eigenvalue weighted by atomic mass is 32.2. The summed E-state index contributed by atoms with van der Waals surface area (Å²) in [4.78, 5) is 31.3. The van der Waals surface area contributed by atoms with Crippen LogP contribution >= 0.6 is 11.8 Å². The van der Waals surface area contributed by atoms with Gasteiger partial charge in [0.1, 0.15) is 5.39 Å². The molecule has 160 valence electrons. The molecule has 2 aromatic heterocycles. The van der Waals surface area contributed by atoms with Crippen molar-refractivity contribution >= 4 is 28.7 Å². The topological polar surface area (TPSA) is 131 Å². The molecule has 0 aliphatic heterocycles. The molecule has 0 bridgehead atoms. The van der Waals surface area contributed by atoms with E-state index >= 15 is 0 Å². The Labute approximate surface area is 176 Å². The number of fused-ring (bicyclic) bond motifs is 1. The Balaban J connectivity index is 1.53. The third-order valence-electron chi connectivity index (χ3n) is 4.32. The van der Waals surface area contributed by atoms with Crippen molar-refractivity contribution in [2.24, 2.45) is 0 Å². The van der Waals surface area contributed by atoms with Crippen LogP contribution in [0.5, 0.6) is 11.5 Å². The molecule has 0 aliphatic rings. The van der Waals surface area contributed by atoms with E-state index in [2.05, 4.69) is 20.4 Å². The van der Waals surface area contributed by atoms with E-state index < -0.39 is 0 Å². The van der Waals surface area contributed by atoms with Crippen molar-refractivity contribution in [2.75, 3.05) is 33.1 Å². The standard InChI is InChI=1S/C19H23N5O5S/c1-28-14-4-3-12(9-15(14)29-2)5-6-20-16(26)11-30-19-22-17-13(18(27)23-19)10-21-24(17)7-8-25/h3-4,9-10,25H,5-8,11H2,1-2H3,(H,20,26)(H,22,23,27). The first kappa shape index (κ1) is 21.7. The van der Waals surface area contributed by atoms with Crippen LogP contribution < -0.4 is 20.3 Å². The summed E-state index contributed by atoms with van der Waals surface area (Å²) in [5, 5.41) is 16.6. The van der Waals surface area contributed by atoms with Crippen molar-refractivity contribution in [3.8, 4) is 11.5 Å². The van der Waals surface area contributed by atoms with Crippen molar-refractivity contribution in [3.63, 3.8) is 0 Å². The number of nitrogens with one attached hydrogen (secondary N) is 2. The van der Waals surface area contributed by atoms with Crippen LogP contribution in [0.4, 0.5) is 0 Å². The van der Waals surface area contributed by atoms with Crippen molar-refractivity contribution < 1.29 is 19.4 Å². The maximum absolute atomic E-state index is 12.2. The van der Waals surface area contributed by atoms with Gasteiger partial charge < -0.3 is 24.9 Å². The molecular weight excluding hydrogens is 410 g/mol. The number of H-pyrrole nitrogens is 1. The third-order valence-corrected chi connectivity index (χ3v) is 5.19. The van der Waals surface area contributed by atoms with Gasteiger partial charge in [-0.05, 0) is 24.1 Å². The number of nitrogens with zero attached hydrogens (tertiary/aromatic N) is 3. The molecule has 0 radical (unpaired) electrons. The highest BCUT2D eigenvalue weighted by Crippen LogP contribution is 2.27. The Morgan fingerprint density at radius 1 is 1.30 bits per heavy atom. The number of hydrogen-bond donors (Lipinski definition) is 3. The van der Waals surface area contributed by atoms with E-state index in [1.54, 1.807) is 14.2 Å². The zero-order valence-corrected chi connectivity index (χ0v) is 17.5. The number of carbonyl (C=O) groups excluding carboxylic acids is 1. The van der Waals surface area contributed by atoms with Crippen molar-refractivity contribution in [2.45, 2.75) is 18.1 Å². The first-order valence-electron chi connectivity index (χ1n) is 9.22. The zero-order chi connectivity index (χ0) is 21.5. The number of aromatic amines is 1. The molecular formula is C19H23N5O5S. The molecule has 0 aliphatic carbocycles. The van der Waals surface area contributed by atoms with E-state index in [4.69, 9.17) is 14.6 Å². The fourth-order valence-electron chi connectivity index (χ4n) is 2.84. The molecule has 0 spiro atoms. The number of carbonyl (C=O) groups is 1. The molecule has 0 saturated carbocycles. The van der Waals surface area contributed by atoms with Gasteiger partial charge in [-0.2, -0.15) is 5.10 Å². The van der Waals surface area contributed by atoms with Crippen LogP contribution in [-0.2, 0) is 17.8 Å². The molecule has 3 aromatic rings. The number of methoxy groups -OCH3 is 2. The van der Waals surface area contributed by atoms with Gasteiger partial charge in [0.2, 0.25) is 5.91 Å². The lowest BCUT2D eigenvalue weighted by molar-refractivity contribution is -0.118. The predicted octanol–water partition coefficient (Wildman–Crippen LogP) is 0.580. The second-order valence-electron chi connectivity index (χ2n) is 6.28. The van der Waals surface area contributed by atoms with Crippen molar-refractivity contribution in [1.82, 2.24) is 25.1 Å². The number of thioether (sulfide) groups is 1. The smallest absolute Gasteiger partial charge is 0.262 e. The first-order valence-corrected chi connectivity index (χ1v) is 10.2. The van der Waals surface area contributed by atoms with Crippen LogP contribution in [0.15, 0.2) is 34.3 Å². The first-order chi connectivity index (χ1) is 14.5. The highest BCUT2D eigenvalue weighted by Gasteiger charge is 2.12. The number of amides is 1. The normalized spacial score (nSPS) is 10.9. The van der Waals surface area contributed by atoms with Gasteiger partial charge in [-0.3, -0.25) is 9.59 Å². The van der Waals surface area contributed by atoms with Crippen LogP contribution in [-0.4, -0.2) is 63.9 Å². The number of ether oxygens (including phenoxy) is 2. The van der Waals surface area contributed by atoms with Gasteiger partial charge >= 0.3 is 0 Å². The summed E-state index contributed by atoms with van der Waals surface area (Å²) in [7, 11) is 3.16. The number of aliphatic hydroxyl groups is 1. The fourth-order valence-corrected chi connectivity index (χ4v) is 3.53. The summed E-state index contributed by atoms with van der Waals surface area (Å²) in [5.74, 6) is 1.23. The molecule has 11 heteroatoms. The average molecular weight is 433 g/mol. The molecule has 0 atom stereocenters. The van der Waals surface area contributed by atoms with Crippen LogP contribution in [0.25, 0.3) is 11.0 Å². The Hall–Kier alpha value is -3.05. The van der Waals surface area contributed by atoms with E-state index in [1.807, 2.05) is 18.2 Å². The van der Waals surface area contributed by atoms with Gasteiger partial charge in [-0.1, -0.05) is 17.8 Å². The number of hydrogen-bond acceptors (Lipinski definition) is 8. The summed E-state index contributed by atoms with van der Waals surface area (Å²) < 4.78 is 11.9. The van der Waals surface area contributed by atoms with E-state index in [1.165, 1.54) is 10.9 Å². The average Bonchev–Trinajstić information content (AvgIpc) is 3.15. The molecule has 10 nitrogen and oxygen atoms in total. The molecule has 30 heavy (non-hydrogen) atoms. The second kappa shape index (κ2) is 10.1. The molecule has 0 unspecified atom stereocenters.